The van der Waals surface area contributed by atoms with Crippen LogP contribution in [0.5, 0.6) is 5.75 Å². The lowest BCUT2D eigenvalue weighted by molar-refractivity contribution is 0.0952. The summed E-state index contributed by atoms with van der Waals surface area (Å²) in [6.07, 6.45) is 1.00. The van der Waals surface area contributed by atoms with Crippen LogP contribution in [0, 0.1) is 0 Å². The summed E-state index contributed by atoms with van der Waals surface area (Å²) >= 11 is 0. The third-order valence-electron chi connectivity index (χ3n) is 2.09. The lowest BCUT2D eigenvalue weighted by Crippen LogP contribution is -2.29. The highest BCUT2D eigenvalue weighted by Gasteiger charge is 2.02. The average Bonchev–Trinajstić information content (AvgIpc) is 2.38. The number of carbonyl (C=O) groups is 1. The van der Waals surface area contributed by atoms with Gasteiger partial charge in [0.25, 0.3) is 5.91 Å². The topological polar surface area (TPSA) is 73.6 Å². The van der Waals surface area contributed by atoms with E-state index in [0.717, 1.165) is 13.0 Å². The maximum absolute atomic E-state index is 11.2. The van der Waals surface area contributed by atoms with Crippen LogP contribution in [0.4, 0.5) is 0 Å². The number of hydrogen-bond donors (Lipinski definition) is 2. The van der Waals surface area contributed by atoms with E-state index in [2.05, 4.69) is 12.3 Å². The van der Waals surface area contributed by atoms with Gasteiger partial charge >= 0.3 is 0 Å². The zero-order valence-corrected chi connectivity index (χ0v) is 9.94. The Morgan fingerprint density at radius 2 is 1.94 bits per heavy atom. The lowest BCUT2D eigenvalue weighted by Gasteiger charge is -2.07. The summed E-state index contributed by atoms with van der Waals surface area (Å²) in [6, 6.07) is 6.77. The maximum atomic E-state index is 11.2. The number of hydrogen-bond acceptors (Lipinski definition) is 4. The van der Waals surface area contributed by atoms with Crippen LogP contribution in [-0.2, 0) is 4.74 Å². The summed E-state index contributed by atoms with van der Waals surface area (Å²) in [7, 11) is 0. The highest BCUT2D eigenvalue weighted by molar-refractivity contribution is 5.93. The first-order chi connectivity index (χ1) is 8.27. The molecule has 94 valence electrons. The van der Waals surface area contributed by atoms with Gasteiger partial charge in [-0.25, -0.2) is 5.84 Å². The number of ether oxygens (including phenoxy) is 2. The fourth-order valence-electron chi connectivity index (χ4n) is 1.25. The molecule has 3 N–H and O–H groups in total. The molecule has 0 aliphatic rings. The van der Waals surface area contributed by atoms with Gasteiger partial charge in [0.15, 0.2) is 0 Å². The van der Waals surface area contributed by atoms with Crippen molar-refractivity contribution in [1.29, 1.82) is 0 Å². The van der Waals surface area contributed by atoms with Crippen LogP contribution in [0.3, 0.4) is 0 Å². The van der Waals surface area contributed by atoms with E-state index in [1.165, 1.54) is 0 Å². The number of rotatable bonds is 7. The average molecular weight is 238 g/mol. The van der Waals surface area contributed by atoms with Crippen LogP contribution >= 0.6 is 0 Å². The standard InChI is InChI=1S/C12H18N2O3/c1-2-7-16-8-9-17-11-5-3-10(4-6-11)12(15)14-13/h3-6H,2,7-9,13H2,1H3,(H,14,15). The molecular formula is C12H18N2O3. The van der Waals surface area contributed by atoms with Gasteiger partial charge in [-0.2, -0.15) is 0 Å². The summed E-state index contributed by atoms with van der Waals surface area (Å²) < 4.78 is 10.7. The second kappa shape index (κ2) is 7.65. The Labute approximate surface area is 101 Å². The largest absolute Gasteiger partial charge is 0.491 e. The van der Waals surface area contributed by atoms with Gasteiger partial charge in [0.2, 0.25) is 0 Å². The second-order valence-electron chi connectivity index (χ2n) is 3.46. The van der Waals surface area contributed by atoms with Crippen molar-refractivity contribution in [3.8, 4) is 5.75 Å². The van der Waals surface area contributed by atoms with Crippen molar-refractivity contribution in [3.63, 3.8) is 0 Å². The molecule has 0 aliphatic heterocycles. The van der Waals surface area contributed by atoms with Gasteiger partial charge in [-0.3, -0.25) is 10.2 Å². The molecule has 0 atom stereocenters. The lowest BCUT2D eigenvalue weighted by atomic mass is 10.2. The molecule has 0 bridgehead atoms. The van der Waals surface area contributed by atoms with Crippen molar-refractivity contribution >= 4 is 5.91 Å². The van der Waals surface area contributed by atoms with Gasteiger partial charge in [-0.05, 0) is 30.7 Å². The minimum atomic E-state index is -0.317. The van der Waals surface area contributed by atoms with Crippen molar-refractivity contribution in [2.75, 3.05) is 19.8 Å². The number of benzene rings is 1. The van der Waals surface area contributed by atoms with Crippen LogP contribution in [0.2, 0.25) is 0 Å². The van der Waals surface area contributed by atoms with E-state index in [9.17, 15) is 4.79 Å². The fraction of sp³-hybridized carbons (Fsp3) is 0.417. The van der Waals surface area contributed by atoms with Crippen LogP contribution in [0.25, 0.3) is 0 Å². The number of nitrogen functional groups attached to an aromatic ring is 1. The highest BCUT2D eigenvalue weighted by atomic mass is 16.5. The van der Waals surface area contributed by atoms with Crippen molar-refractivity contribution in [3.05, 3.63) is 29.8 Å². The molecule has 1 amide bonds. The van der Waals surface area contributed by atoms with Gasteiger partial charge in [0.1, 0.15) is 12.4 Å². The molecule has 0 spiro atoms. The number of amides is 1. The highest BCUT2D eigenvalue weighted by Crippen LogP contribution is 2.11. The van der Waals surface area contributed by atoms with Crippen molar-refractivity contribution in [2.45, 2.75) is 13.3 Å². The number of carbonyl (C=O) groups excluding carboxylic acids is 1. The Morgan fingerprint density at radius 1 is 1.24 bits per heavy atom. The molecule has 0 saturated carbocycles. The van der Waals surface area contributed by atoms with Gasteiger partial charge in [-0.15, -0.1) is 0 Å². The first-order valence-electron chi connectivity index (χ1n) is 5.59. The van der Waals surface area contributed by atoms with Crippen molar-refractivity contribution in [2.24, 2.45) is 5.84 Å². The zero-order chi connectivity index (χ0) is 12.5. The van der Waals surface area contributed by atoms with E-state index >= 15 is 0 Å². The third kappa shape index (κ3) is 4.84. The van der Waals surface area contributed by atoms with E-state index in [1.807, 2.05) is 0 Å². The van der Waals surface area contributed by atoms with Gasteiger partial charge in [0, 0.05) is 12.2 Å². The van der Waals surface area contributed by atoms with E-state index in [-0.39, 0.29) is 5.91 Å². The van der Waals surface area contributed by atoms with Gasteiger partial charge < -0.3 is 9.47 Å². The summed E-state index contributed by atoms with van der Waals surface area (Å²) in [5, 5.41) is 0. The van der Waals surface area contributed by atoms with E-state index in [1.54, 1.807) is 24.3 Å². The minimum absolute atomic E-state index is 0.317. The summed E-state index contributed by atoms with van der Waals surface area (Å²) in [5.74, 6) is 5.41. The minimum Gasteiger partial charge on any atom is -0.491 e. The molecule has 0 saturated heterocycles. The molecule has 0 aliphatic carbocycles. The first-order valence-corrected chi connectivity index (χ1v) is 5.59. The van der Waals surface area contributed by atoms with Crippen molar-refractivity contribution in [1.82, 2.24) is 5.43 Å². The number of nitrogens with one attached hydrogen (secondary N) is 1. The van der Waals surface area contributed by atoms with Crippen molar-refractivity contribution < 1.29 is 14.3 Å². The first kappa shape index (κ1) is 13.5. The fourth-order valence-corrected chi connectivity index (χ4v) is 1.25. The predicted molar refractivity (Wildman–Crippen MR) is 64.7 cm³/mol. The Hall–Kier alpha value is -1.59. The molecule has 17 heavy (non-hydrogen) atoms. The Balaban J connectivity index is 2.33. The predicted octanol–water partition coefficient (Wildman–Crippen LogP) is 1.10. The molecule has 1 aromatic rings. The monoisotopic (exact) mass is 238 g/mol. The van der Waals surface area contributed by atoms with E-state index < -0.39 is 0 Å². The molecule has 0 radical (unpaired) electrons. The molecule has 0 heterocycles. The molecule has 0 aromatic heterocycles. The van der Waals surface area contributed by atoms with E-state index in [0.29, 0.717) is 24.5 Å². The number of nitrogens with two attached hydrogens (primary N) is 1. The third-order valence-corrected chi connectivity index (χ3v) is 2.09. The normalized spacial score (nSPS) is 10.0. The molecule has 1 rings (SSSR count). The molecule has 0 fully saturated rings. The van der Waals surface area contributed by atoms with Crippen LogP contribution in [0.15, 0.2) is 24.3 Å². The smallest absolute Gasteiger partial charge is 0.265 e. The SMILES string of the molecule is CCCOCCOc1ccc(C(=O)NN)cc1. The van der Waals surface area contributed by atoms with Gasteiger partial charge in [-0.1, -0.05) is 6.92 Å². The van der Waals surface area contributed by atoms with Crippen LogP contribution in [0.1, 0.15) is 23.7 Å². The zero-order valence-electron chi connectivity index (χ0n) is 9.94. The molecule has 5 heteroatoms. The summed E-state index contributed by atoms with van der Waals surface area (Å²) in [6.45, 7) is 3.88. The second-order valence-corrected chi connectivity index (χ2v) is 3.46. The molecule has 5 nitrogen and oxygen atoms in total. The van der Waals surface area contributed by atoms with Crippen LogP contribution in [-0.4, -0.2) is 25.7 Å². The quantitative estimate of drug-likeness (QED) is 0.323. The van der Waals surface area contributed by atoms with Gasteiger partial charge in [0.05, 0.1) is 6.61 Å². The molecular weight excluding hydrogens is 220 g/mol. The number of hydrazine groups is 1. The van der Waals surface area contributed by atoms with Crippen LogP contribution < -0.4 is 16.0 Å². The Kier molecular flexibility index (Phi) is 6.06. The molecule has 0 unspecified atom stereocenters. The molecule has 1 aromatic carbocycles. The van der Waals surface area contributed by atoms with E-state index in [4.69, 9.17) is 15.3 Å². The Morgan fingerprint density at radius 3 is 2.53 bits per heavy atom. The summed E-state index contributed by atoms with van der Waals surface area (Å²) in [5.41, 5.74) is 2.57. The maximum Gasteiger partial charge on any atom is 0.265 e. The Bertz CT molecular complexity index is 338. The summed E-state index contributed by atoms with van der Waals surface area (Å²) in [4.78, 5) is 11.2.